The minimum Gasteiger partial charge on any atom is -0.496 e. The molecule has 4 rings (SSSR count). The van der Waals surface area contributed by atoms with Crippen molar-refractivity contribution in [2.24, 2.45) is 4.99 Å². The average Bonchev–Trinajstić information content (AvgIpc) is 2.91. The van der Waals surface area contributed by atoms with Crippen molar-refractivity contribution in [2.45, 2.75) is 6.42 Å². The molecule has 0 radical (unpaired) electrons. The van der Waals surface area contributed by atoms with E-state index in [9.17, 15) is 13.6 Å². The number of halogens is 2. The van der Waals surface area contributed by atoms with Crippen molar-refractivity contribution in [1.29, 1.82) is 5.26 Å². The number of nitriles is 1. The number of nitrogens with zero attached hydrogens (tertiary/aromatic N) is 2. The maximum absolute atomic E-state index is 14.4. The van der Waals surface area contributed by atoms with E-state index in [1.165, 1.54) is 31.4 Å². The monoisotopic (exact) mass is 403 g/mol. The maximum Gasteiger partial charge on any atom is 0.230 e. The quantitative estimate of drug-likeness (QED) is 0.671. The molecule has 148 valence electrons. The molecule has 3 aromatic rings. The Kier molecular flexibility index (Phi) is 4.98. The number of rotatable bonds is 3. The minimum absolute atomic E-state index is 0.0780. The fraction of sp³-hybridized carbons (Fsp3) is 0.0870. The van der Waals surface area contributed by atoms with Crippen LogP contribution in [0.3, 0.4) is 0 Å². The van der Waals surface area contributed by atoms with E-state index in [4.69, 9.17) is 10.00 Å². The molecule has 0 aliphatic carbocycles. The van der Waals surface area contributed by atoms with Gasteiger partial charge in [0.25, 0.3) is 0 Å². The van der Waals surface area contributed by atoms with Crippen LogP contribution >= 0.6 is 0 Å². The van der Waals surface area contributed by atoms with Crippen molar-refractivity contribution in [3.8, 4) is 22.9 Å². The SMILES string of the molecule is COc1cc2c(cc1-c1ccccc1F)NC(=O)CC(c1cc(C#N)ccc1F)=N2. The van der Waals surface area contributed by atoms with E-state index in [-0.39, 0.29) is 23.3 Å². The number of benzene rings is 3. The lowest BCUT2D eigenvalue weighted by Gasteiger charge is -2.14. The number of anilines is 1. The lowest BCUT2D eigenvalue weighted by molar-refractivity contribution is -0.115. The molecule has 0 spiro atoms. The zero-order valence-electron chi connectivity index (χ0n) is 15.9. The van der Waals surface area contributed by atoms with Gasteiger partial charge in [0, 0.05) is 22.8 Å². The fourth-order valence-corrected chi connectivity index (χ4v) is 3.32. The van der Waals surface area contributed by atoms with Crippen LogP contribution in [0.2, 0.25) is 0 Å². The highest BCUT2D eigenvalue weighted by molar-refractivity contribution is 6.17. The molecule has 30 heavy (non-hydrogen) atoms. The van der Waals surface area contributed by atoms with Crippen LogP contribution in [-0.4, -0.2) is 18.7 Å². The average molecular weight is 403 g/mol. The first kappa shape index (κ1) is 19.3. The maximum atomic E-state index is 14.4. The molecule has 1 N–H and O–H groups in total. The van der Waals surface area contributed by atoms with E-state index >= 15 is 0 Å². The van der Waals surface area contributed by atoms with E-state index in [0.29, 0.717) is 28.3 Å². The second-order valence-corrected chi connectivity index (χ2v) is 6.64. The molecule has 0 saturated heterocycles. The molecule has 1 amide bonds. The molecular weight excluding hydrogens is 388 g/mol. The molecule has 0 unspecified atom stereocenters. The van der Waals surface area contributed by atoms with Crippen molar-refractivity contribution in [3.05, 3.63) is 77.4 Å². The molecule has 0 saturated carbocycles. The topological polar surface area (TPSA) is 74.5 Å². The van der Waals surface area contributed by atoms with Gasteiger partial charge < -0.3 is 10.1 Å². The van der Waals surface area contributed by atoms with Gasteiger partial charge in [0.05, 0.1) is 42.2 Å². The third kappa shape index (κ3) is 3.51. The van der Waals surface area contributed by atoms with E-state index in [0.717, 1.165) is 0 Å². The first-order valence-corrected chi connectivity index (χ1v) is 9.04. The molecule has 0 fully saturated rings. The molecular formula is C23H15F2N3O2. The van der Waals surface area contributed by atoms with Crippen molar-refractivity contribution < 1.29 is 18.3 Å². The highest BCUT2D eigenvalue weighted by atomic mass is 19.1. The lowest BCUT2D eigenvalue weighted by atomic mass is 10.0. The number of nitrogens with one attached hydrogen (secondary N) is 1. The summed E-state index contributed by atoms with van der Waals surface area (Å²) in [5.41, 5.74) is 1.97. The Morgan fingerprint density at radius 2 is 1.80 bits per heavy atom. The molecule has 0 aromatic heterocycles. The van der Waals surface area contributed by atoms with Crippen LogP contribution in [0.5, 0.6) is 5.75 Å². The number of carbonyl (C=O) groups excluding carboxylic acids is 1. The third-order valence-electron chi connectivity index (χ3n) is 4.75. The summed E-state index contributed by atoms with van der Waals surface area (Å²) in [5, 5.41) is 11.8. The summed E-state index contributed by atoms with van der Waals surface area (Å²) >= 11 is 0. The first-order chi connectivity index (χ1) is 14.5. The van der Waals surface area contributed by atoms with Gasteiger partial charge in [0.2, 0.25) is 5.91 Å². The summed E-state index contributed by atoms with van der Waals surface area (Å²) in [6.45, 7) is 0. The number of carbonyl (C=O) groups is 1. The van der Waals surface area contributed by atoms with E-state index < -0.39 is 17.5 Å². The van der Waals surface area contributed by atoms with Gasteiger partial charge in [-0.15, -0.1) is 0 Å². The standard InChI is InChI=1S/C23H15F2N3O2/c1-30-22-10-21-20(9-15(22)14-4-2-3-5-17(14)24)28-23(29)11-19(27-21)16-8-13(12-26)6-7-18(16)25/h2-10H,11H2,1H3,(H,28,29). The smallest absolute Gasteiger partial charge is 0.230 e. The van der Waals surface area contributed by atoms with E-state index in [2.05, 4.69) is 10.3 Å². The van der Waals surface area contributed by atoms with Crippen LogP contribution < -0.4 is 10.1 Å². The largest absolute Gasteiger partial charge is 0.496 e. The predicted octanol–water partition coefficient (Wildman–Crippen LogP) is 4.98. The van der Waals surface area contributed by atoms with Gasteiger partial charge in [-0.25, -0.2) is 13.8 Å². The van der Waals surface area contributed by atoms with Crippen molar-refractivity contribution >= 4 is 23.0 Å². The van der Waals surface area contributed by atoms with Crippen LogP contribution in [0.4, 0.5) is 20.2 Å². The summed E-state index contributed by atoms with van der Waals surface area (Å²) < 4.78 is 34.2. The number of methoxy groups -OCH3 is 1. The van der Waals surface area contributed by atoms with Crippen LogP contribution in [0, 0.1) is 23.0 Å². The van der Waals surface area contributed by atoms with Crippen LogP contribution in [0.15, 0.2) is 59.6 Å². The molecule has 1 aliphatic heterocycles. The molecule has 5 nitrogen and oxygen atoms in total. The molecule has 7 heteroatoms. The van der Waals surface area contributed by atoms with Crippen LogP contribution in [0.1, 0.15) is 17.5 Å². The number of fused-ring (bicyclic) bond motifs is 1. The van der Waals surface area contributed by atoms with Gasteiger partial charge in [-0.05, 0) is 30.3 Å². The fourth-order valence-electron chi connectivity index (χ4n) is 3.32. The van der Waals surface area contributed by atoms with Gasteiger partial charge in [-0.2, -0.15) is 5.26 Å². The Labute approximate surface area is 171 Å². The number of hydrogen-bond donors (Lipinski definition) is 1. The Morgan fingerprint density at radius 1 is 1.03 bits per heavy atom. The normalized spacial score (nSPS) is 12.9. The number of aliphatic imine (C=N–C) groups is 1. The van der Waals surface area contributed by atoms with Crippen molar-refractivity contribution in [3.63, 3.8) is 0 Å². The summed E-state index contributed by atoms with van der Waals surface area (Å²) in [6.07, 6.45) is -0.183. The van der Waals surface area contributed by atoms with Gasteiger partial charge in [-0.1, -0.05) is 18.2 Å². The summed E-state index contributed by atoms with van der Waals surface area (Å²) in [4.78, 5) is 17.0. The third-order valence-corrected chi connectivity index (χ3v) is 4.75. The van der Waals surface area contributed by atoms with Crippen molar-refractivity contribution in [2.75, 3.05) is 12.4 Å². The van der Waals surface area contributed by atoms with Gasteiger partial charge in [0.1, 0.15) is 17.4 Å². The number of ether oxygens (including phenoxy) is 1. The van der Waals surface area contributed by atoms with Crippen LogP contribution in [0.25, 0.3) is 11.1 Å². The summed E-state index contributed by atoms with van der Waals surface area (Å²) in [5.74, 6) is -1.07. The highest BCUT2D eigenvalue weighted by Crippen LogP contribution is 2.41. The summed E-state index contributed by atoms with van der Waals surface area (Å²) in [7, 11) is 1.45. The first-order valence-electron chi connectivity index (χ1n) is 9.04. The van der Waals surface area contributed by atoms with Crippen molar-refractivity contribution in [1.82, 2.24) is 0 Å². The van der Waals surface area contributed by atoms with Gasteiger partial charge in [-0.3, -0.25) is 4.79 Å². The number of hydrogen-bond acceptors (Lipinski definition) is 4. The zero-order chi connectivity index (χ0) is 21.3. The lowest BCUT2D eigenvalue weighted by Crippen LogP contribution is -2.16. The predicted molar refractivity (Wildman–Crippen MR) is 109 cm³/mol. The molecule has 3 aromatic carbocycles. The van der Waals surface area contributed by atoms with E-state index in [1.807, 2.05) is 6.07 Å². The Balaban J connectivity index is 1.90. The Bertz CT molecular complexity index is 1250. The molecule has 1 aliphatic rings. The second kappa shape index (κ2) is 7.76. The second-order valence-electron chi connectivity index (χ2n) is 6.64. The van der Waals surface area contributed by atoms with E-state index in [1.54, 1.807) is 30.3 Å². The molecule has 0 bridgehead atoms. The number of amides is 1. The van der Waals surface area contributed by atoms with Gasteiger partial charge in [0.15, 0.2) is 0 Å². The van der Waals surface area contributed by atoms with Crippen LogP contribution in [-0.2, 0) is 4.79 Å². The van der Waals surface area contributed by atoms with Gasteiger partial charge >= 0.3 is 0 Å². The zero-order valence-corrected chi connectivity index (χ0v) is 15.9. The molecule has 1 heterocycles. The Hall–Kier alpha value is -4.05. The summed E-state index contributed by atoms with van der Waals surface area (Å²) in [6, 6.07) is 15.2. The minimum atomic E-state index is -0.584. The molecule has 0 atom stereocenters. The Morgan fingerprint density at radius 3 is 2.53 bits per heavy atom. The highest BCUT2D eigenvalue weighted by Gasteiger charge is 2.22.